The standard InChI is InChI=1S/C4H9O2.Hg.HI/c1-4(2,6)3-5;;/h5-6H,1,3H2,2H3;;1H/q;+1;/p-1. The molecule has 0 aromatic rings. The molecular formula is C4H9HgIO2. The van der Waals surface area contributed by atoms with Crippen molar-refractivity contribution in [2.24, 2.45) is 0 Å². The van der Waals surface area contributed by atoms with Crippen LogP contribution in [0.2, 0.25) is 3.93 Å². The molecule has 8 heavy (non-hydrogen) atoms. The minimum atomic E-state index is -0.761. The molecule has 0 aliphatic heterocycles. The molecule has 46 valence electrons. The first-order valence-electron chi connectivity index (χ1n) is 2.51. The molecule has 2 nitrogen and oxygen atoms in total. The third kappa shape index (κ3) is 4.46. The summed E-state index contributed by atoms with van der Waals surface area (Å²) in [6, 6.07) is 0. The Morgan fingerprint density at radius 3 is 2.38 bits per heavy atom. The van der Waals surface area contributed by atoms with Crippen molar-refractivity contribution >= 4 is 17.7 Å². The van der Waals surface area contributed by atoms with Crippen LogP contribution in [-0.4, -0.2) is 22.4 Å². The summed E-state index contributed by atoms with van der Waals surface area (Å²) in [6.45, 7) is 1.60. The maximum atomic E-state index is 9.12. The Labute approximate surface area is 70.5 Å². The van der Waals surface area contributed by atoms with Crippen LogP contribution >= 0.6 is 17.7 Å². The van der Waals surface area contributed by atoms with Gasteiger partial charge in [-0.3, -0.25) is 0 Å². The van der Waals surface area contributed by atoms with Crippen LogP contribution in [0.25, 0.3) is 0 Å². The summed E-state index contributed by atoms with van der Waals surface area (Å²) in [5.74, 6) is 0. The summed E-state index contributed by atoms with van der Waals surface area (Å²) in [5.41, 5.74) is -0.761. The summed E-state index contributed by atoms with van der Waals surface area (Å²) in [7, 11) is 0. The predicted molar refractivity (Wildman–Crippen MR) is 36.5 cm³/mol. The average molecular weight is 417 g/mol. The van der Waals surface area contributed by atoms with Gasteiger partial charge in [-0.1, -0.05) is 0 Å². The molecule has 0 aromatic heterocycles. The molecule has 2 N–H and O–H groups in total. The fraction of sp³-hybridized carbons (Fsp3) is 1.00. The number of aliphatic hydroxyl groups is 2. The van der Waals surface area contributed by atoms with Gasteiger partial charge in [-0.05, 0) is 0 Å². The zero-order chi connectivity index (χ0) is 6.62. The van der Waals surface area contributed by atoms with Gasteiger partial charge in [-0.25, -0.2) is 0 Å². The predicted octanol–water partition coefficient (Wildman–Crippen LogP) is 0.581. The maximum absolute atomic E-state index is 9.12. The van der Waals surface area contributed by atoms with Crippen molar-refractivity contribution in [3.8, 4) is 0 Å². The summed E-state index contributed by atoms with van der Waals surface area (Å²) in [4.78, 5) is 0. The fourth-order valence-electron chi connectivity index (χ4n) is 0.283. The van der Waals surface area contributed by atoms with Gasteiger partial charge in [0.15, 0.2) is 0 Å². The monoisotopic (exact) mass is 418 g/mol. The molecule has 1 unspecified atom stereocenters. The van der Waals surface area contributed by atoms with E-state index in [0.29, 0.717) is 0 Å². The zero-order valence-corrected chi connectivity index (χ0v) is 12.5. The average Bonchev–Trinajstić information content (AvgIpc) is 1.67. The van der Waals surface area contributed by atoms with Crippen molar-refractivity contribution in [3.05, 3.63) is 0 Å². The Morgan fingerprint density at radius 2 is 2.25 bits per heavy atom. The zero-order valence-electron chi connectivity index (χ0n) is 4.89. The molecular weight excluding hydrogens is 408 g/mol. The van der Waals surface area contributed by atoms with Gasteiger partial charge in [0.2, 0.25) is 0 Å². The minimum absolute atomic E-state index is 0.0873. The Hall–Kier alpha value is 1.59. The van der Waals surface area contributed by atoms with E-state index < -0.39 is 25.8 Å². The van der Waals surface area contributed by atoms with E-state index in [2.05, 4.69) is 17.7 Å². The summed E-state index contributed by atoms with van der Waals surface area (Å²) >= 11 is 1.63. The van der Waals surface area contributed by atoms with E-state index in [1.165, 1.54) is 0 Å². The van der Waals surface area contributed by atoms with Crippen LogP contribution in [-0.2, 0) is 20.2 Å². The van der Waals surface area contributed by atoms with Crippen LogP contribution in [0.1, 0.15) is 6.92 Å². The Morgan fingerprint density at radius 1 is 1.75 bits per heavy atom. The molecule has 0 amide bonds. The van der Waals surface area contributed by atoms with Gasteiger partial charge in [0, 0.05) is 0 Å². The van der Waals surface area contributed by atoms with E-state index in [-0.39, 0.29) is 6.61 Å². The van der Waals surface area contributed by atoms with Crippen LogP contribution in [0.15, 0.2) is 0 Å². The Balaban J connectivity index is 3.37. The Kier molecular flexibility index (Phi) is 5.28. The molecule has 0 spiro atoms. The third-order valence-electron chi connectivity index (χ3n) is 0.974. The van der Waals surface area contributed by atoms with Crippen LogP contribution in [0.4, 0.5) is 0 Å². The van der Waals surface area contributed by atoms with Crippen molar-refractivity contribution in [1.29, 1.82) is 0 Å². The van der Waals surface area contributed by atoms with Gasteiger partial charge in [0.25, 0.3) is 0 Å². The molecule has 0 fully saturated rings. The number of hydrogen-bond donors (Lipinski definition) is 2. The first-order valence-corrected chi connectivity index (χ1v) is 21.9. The third-order valence-corrected chi connectivity index (χ3v) is 10.6. The van der Waals surface area contributed by atoms with E-state index >= 15 is 0 Å². The molecule has 0 aliphatic carbocycles. The van der Waals surface area contributed by atoms with Crippen LogP contribution in [0, 0.1) is 0 Å². The van der Waals surface area contributed by atoms with Crippen molar-refractivity contribution < 1.29 is 30.5 Å². The van der Waals surface area contributed by atoms with E-state index in [4.69, 9.17) is 10.2 Å². The second-order valence-electron chi connectivity index (χ2n) is 2.09. The molecule has 1 atom stereocenters. The molecule has 0 bridgehead atoms. The van der Waals surface area contributed by atoms with Gasteiger partial charge in [-0.15, -0.1) is 0 Å². The van der Waals surface area contributed by atoms with Gasteiger partial charge in [-0.2, -0.15) is 0 Å². The summed E-state index contributed by atoms with van der Waals surface area (Å²) in [6.07, 6.45) is 0. The summed E-state index contributed by atoms with van der Waals surface area (Å²) in [5, 5.41) is 17.6. The molecule has 0 heterocycles. The van der Waals surface area contributed by atoms with Crippen molar-refractivity contribution in [2.45, 2.75) is 16.5 Å². The van der Waals surface area contributed by atoms with Gasteiger partial charge in [0.1, 0.15) is 0 Å². The van der Waals surface area contributed by atoms with E-state index in [0.717, 1.165) is 3.93 Å². The quantitative estimate of drug-likeness (QED) is 0.522. The van der Waals surface area contributed by atoms with Crippen molar-refractivity contribution in [3.63, 3.8) is 0 Å². The van der Waals surface area contributed by atoms with E-state index in [1.807, 2.05) is 0 Å². The molecule has 0 saturated heterocycles. The topological polar surface area (TPSA) is 40.5 Å². The molecule has 0 rings (SSSR count). The van der Waals surface area contributed by atoms with Gasteiger partial charge in [0.05, 0.1) is 0 Å². The first kappa shape index (κ1) is 9.59. The SMILES string of the molecule is CC(O)(CO)[CH2][Hg][I]. The molecule has 0 aliphatic rings. The normalized spacial score (nSPS) is 17.0. The van der Waals surface area contributed by atoms with Crippen LogP contribution in [0.5, 0.6) is 0 Å². The van der Waals surface area contributed by atoms with E-state index in [1.54, 1.807) is 6.92 Å². The number of halogens is 1. The van der Waals surface area contributed by atoms with Crippen molar-refractivity contribution in [2.75, 3.05) is 6.61 Å². The second kappa shape index (κ2) is 4.41. The van der Waals surface area contributed by atoms with Gasteiger partial charge < -0.3 is 0 Å². The number of hydrogen-bond acceptors (Lipinski definition) is 2. The molecule has 0 saturated carbocycles. The number of aliphatic hydroxyl groups excluding tert-OH is 1. The summed E-state index contributed by atoms with van der Waals surface area (Å²) < 4.78 is 0.879. The first-order chi connectivity index (χ1) is 3.62. The second-order valence-corrected chi connectivity index (χ2v) is 15.0. The van der Waals surface area contributed by atoms with Crippen LogP contribution < -0.4 is 0 Å². The van der Waals surface area contributed by atoms with Crippen molar-refractivity contribution in [1.82, 2.24) is 0 Å². The van der Waals surface area contributed by atoms with Crippen LogP contribution in [0.3, 0.4) is 0 Å². The molecule has 0 aromatic carbocycles. The fourth-order valence-corrected chi connectivity index (χ4v) is 12.7. The number of rotatable bonds is 3. The molecule has 0 radical (unpaired) electrons. The Bertz CT molecular complexity index is 67.1. The van der Waals surface area contributed by atoms with E-state index in [9.17, 15) is 0 Å². The molecule has 4 heteroatoms. The van der Waals surface area contributed by atoms with Gasteiger partial charge >= 0.3 is 71.2 Å².